The highest BCUT2D eigenvalue weighted by Crippen LogP contribution is 2.13. The Morgan fingerprint density at radius 3 is 2.83 bits per heavy atom. The number of amides is 1. The summed E-state index contributed by atoms with van der Waals surface area (Å²) in [5, 5.41) is 7.85. The number of carbonyl (C=O) groups excluding carboxylic acids is 1. The summed E-state index contributed by atoms with van der Waals surface area (Å²) in [6.07, 6.45) is 1.03. The van der Waals surface area contributed by atoms with Gasteiger partial charge in [-0.2, -0.15) is 0 Å². The molecule has 0 N–H and O–H groups in total. The molecule has 5 nitrogen and oxygen atoms in total. The van der Waals surface area contributed by atoms with E-state index in [9.17, 15) is 4.79 Å². The largest absolute Gasteiger partial charge is 0.334 e. The maximum atomic E-state index is 12.2. The monoisotopic (exact) mass is 268 g/mol. The smallest absolute Gasteiger partial charge is 0.274 e. The molecular formula is C12H17ClN4O. The summed E-state index contributed by atoms with van der Waals surface area (Å²) in [6.45, 7) is 4.51. The fourth-order valence-corrected chi connectivity index (χ4v) is 2.26. The summed E-state index contributed by atoms with van der Waals surface area (Å²) in [5.41, 5.74) is 0.360. The molecule has 98 valence electrons. The highest BCUT2D eigenvalue weighted by atomic mass is 35.5. The molecule has 2 rings (SSSR count). The number of rotatable bonds is 2. The first-order valence-corrected chi connectivity index (χ1v) is 6.48. The topological polar surface area (TPSA) is 49.3 Å². The summed E-state index contributed by atoms with van der Waals surface area (Å²) in [7, 11) is 2.10. The van der Waals surface area contributed by atoms with E-state index in [4.69, 9.17) is 11.6 Å². The fraction of sp³-hybridized carbons (Fsp3) is 0.583. The summed E-state index contributed by atoms with van der Waals surface area (Å²) in [5.74, 6) is -0.0642. The molecule has 0 saturated carbocycles. The van der Waals surface area contributed by atoms with Crippen molar-refractivity contribution >= 4 is 17.5 Å². The Hall–Kier alpha value is -1.20. The first kappa shape index (κ1) is 13.2. The maximum absolute atomic E-state index is 12.2. The van der Waals surface area contributed by atoms with Crippen LogP contribution in [-0.4, -0.2) is 58.6 Å². The Labute approximate surface area is 112 Å². The van der Waals surface area contributed by atoms with E-state index >= 15 is 0 Å². The number of hydrogen-bond acceptors (Lipinski definition) is 4. The molecule has 1 aromatic rings. The van der Waals surface area contributed by atoms with Gasteiger partial charge in [-0.05, 0) is 25.6 Å². The number of aromatic nitrogens is 2. The van der Waals surface area contributed by atoms with Crippen LogP contribution in [0.5, 0.6) is 0 Å². The van der Waals surface area contributed by atoms with Crippen LogP contribution in [-0.2, 0) is 0 Å². The number of nitrogens with zero attached hydrogens (tertiary/aromatic N) is 4. The quantitative estimate of drug-likeness (QED) is 0.811. The molecule has 0 aliphatic carbocycles. The molecular weight excluding hydrogens is 252 g/mol. The van der Waals surface area contributed by atoms with E-state index in [2.05, 4.69) is 29.1 Å². The number of hydrogen-bond donors (Lipinski definition) is 0. The predicted molar refractivity (Wildman–Crippen MR) is 69.7 cm³/mol. The molecule has 1 aromatic heterocycles. The molecule has 2 heterocycles. The van der Waals surface area contributed by atoms with Gasteiger partial charge < -0.3 is 4.90 Å². The zero-order valence-electron chi connectivity index (χ0n) is 10.6. The minimum atomic E-state index is -0.0642. The van der Waals surface area contributed by atoms with Gasteiger partial charge in [-0.15, -0.1) is 10.2 Å². The van der Waals surface area contributed by atoms with E-state index in [1.54, 1.807) is 12.1 Å². The Morgan fingerprint density at radius 2 is 2.22 bits per heavy atom. The molecule has 0 bridgehead atoms. The Morgan fingerprint density at radius 1 is 1.44 bits per heavy atom. The lowest BCUT2D eigenvalue weighted by Gasteiger charge is -2.38. The average Bonchev–Trinajstić information content (AvgIpc) is 2.39. The zero-order valence-corrected chi connectivity index (χ0v) is 11.4. The molecule has 1 fully saturated rings. The normalized spacial score (nSPS) is 21.1. The second-order valence-corrected chi connectivity index (χ2v) is 4.92. The Bertz CT molecular complexity index is 423. The van der Waals surface area contributed by atoms with Crippen LogP contribution in [0.1, 0.15) is 23.8 Å². The van der Waals surface area contributed by atoms with Gasteiger partial charge in [-0.1, -0.05) is 18.5 Å². The third kappa shape index (κ3) is 2.79. The fourth-order valence-electron chi connectivity index (χ4n) is 2.16. The van der Waals surface area contributed by atoms with Gasteiger partial charge in [0.2, 0.25) is 0 Å². The van der Waals surface area contributed by atoms with Gasteiger partial charge >= 0.3 is 0 Å². The Kier molecular flexibility index (Phi) is 4.14. The van der Waals surface area contributed by atoms with Crippen molar-refractivity contribution in [3.63, 3.8) is 0 Å². The van der Waals surface area contributed by atoms with Crippen molar-refractivity contribution in [2.24, 2.45) is 0 Å². The van der Waals surface area contributed by atoms with Crippen molar-refractivity contribution in [1.82, 2.24) is 20.0 Å². The molecule has 1 atom stereocenters. The second kappa shape index (κ2) is 5.63. The van der Waals surface area contributed by atoms with Gasteiger partial charge in [0.05, 0.1) is 0 Å². The van der Waals surface area contributed by atoms with Crippen molar-refractivity contribution in [3.05, 3.63) is 23.0 Å². The van der Waals surface area contributed by atoms with Crippen molar-refractivity contribution in [1.29, 1.82) is 0 Å². The van der Waals surface area contributed by atoms with E-state index in [1.807, 2.05) is 4.90 Å². The predicted octanol–water partition coefficient (Wildman–Crippen LogP) is 1.30. The maximum Gasteiger partial charge on any atom is 0.274 e. The lowest BCUT2D eigenvalue weighted by atomic mass is 10.1. The molecule has 1 amide bonds. The van der Waals surface area contributed by atoms with Crippen LogP contribution in [0.2, 0.25) is 5.15 Å². The summed E-state index contributed by atoms with van der Waals surface area (Å²) in [4.78, 5) is 16.4. The van der Waals surface area contributed by atoms with Gasteiger partial charge in [0.25, 0.3) is 5.91 Å². The molecule has 1 aliphatic heterocycles. The third-order valence-corrected chi connectivity index (χ3v) is 3.59. The van der Waals surface area contributed by atoms with E-state index in [-0.39, 0.29) is 5.91 Å². The van der Waals surface area contributed by atoms with Crippen LogP contribution in [0.25, 0.3) is 0 Å². The van der Waals surface area contributed by atoms with Gasteiger partial charge in [-0.3, -0.25) is 9.69 Å². The number of piperazine rings is 1. The van der Waals surface area contributed by atoms with Crippen LogP contribution in [0.3, 0.4) is 0 Å². The zero-order chi connectivity index (χ0) is 13.1. The summed E-state index contributed by atoms with van der Waals surface area (Å²) < 4.78 is 0. The highest BCUT2D eigenvalue weighted by molar-refractivity contribution is 6.29. The average molecular weight is 269 g/mol. The molecule has 1 unspecified atom stereocenters. The summed E-state index contributed by atoms with van der Waals surface area (Å²) in [6, 6.07) is 3.63. The molecule has 1 saturated heterocycles. The minimum absolute atomic E-state index is 0.0642. The van der Waals surface area contributed by atoms with Crippen molar-refractivity contribution in [3.8, 4) is 0 Å². The molecule has 0 aromatic carbocycles. The first-order valence-electron chi connectivity index (χ1n) is 6.10. The third-order valence-electron chi connectivity index (χ3n) is 3.39. The lowest BCUT2D eigenvalue weighted by Crippen LogP contribution is -2.53. The lowest BCUT2D eigenvalue weighted by molar-refractivity contribution is 0.0535. The van der Waals surface area contributed by atoms with Crippen LogP contribution in [0.15, 0.2) is 12.1 Å². The first-order chi connectivity index (χ1) is 8.61. The van der Waals surface area contributed by atoms with Gasteiger partial charge in [0.1, 0.15) is 0 Å². The van der Waals surface area contributed by atoms with Crippen LogP contribution < -0.4 is 0 Å². The van der Waals surface area contributed by atoms with Gasteiger partial charge in [0, 0.05) is 25.7 Å². The Balaban J connectivity index is 2.07. The number of likely N-dealkylation sites (N-methyl/N-ethyl adjacent to an activating group) is 1. The van der Waals surface area contributed by atoms with E-state index in [0.29, 0.717) is 16.9 Å². The van der Waals surface area contributed by atoms with E-state index in [1.165, 1.54) is 0 Å². The SMILES string of the molecule is CCC1CN(C(=O)c2ccc(Cl)nn2)CCN1C. The van der Waals surface area contributed by atoms with Gasteiger partial charge in [0.15, 0.2) is 10.8 Å². The van der Waals surface area contributed by atoms with Crippen molar-refractivity contribution in [2.45, 2.75) is 19.4 Å². The molecule has 1 aliphatic rings. The van der Waals surface area contributed by atoms with Crippen molar-refractivity contribution < 1.29 is 4.79 Å². The van der Waals surface area contributed by atoms with E-state index in [0.717, 1.165) is 26.1 Å². The minimum Gasteiger partial charge on any atom is -0.334 e. The highest BCUT2D eigenvalue weighted by Gasteiger charge is 2.27. The number of halogens is 1. The van der Waals surface area contributed by atoms with Crippen LogP contribution >= 0.6 is 11.6 Å². The van der Waals surface area contributed by atoms with Gasteiger partial charge in [-0.25, -0.2) is 0 Å². The van der Waals surface area contributed by atoms with Crippen molar-refractivity contribution in [2.75, 3.05) is 26.7 Å². The van der Waals surface area contributed by atoms with E-state index < -0.39 is 0 Å². The molecule has 6 heteroatoms. The standard InChI is InChI=1S/C12H17ClN4O/c1-3-9-8-17(7-6-16(9)2)12(18)10-4-5-11(13)15-14-10/h4-5,9H,3,6-8H2,1-2H3. The second-order valence-electron chi connectivity index (χ2n) is 4.54. The number of carbonyl (C=O) groups is 1. The molecule has 0 spiro atoms. The van der Waals surface area contributed by atoms with Crippen LogP contribution in [0.4, 0.5) is 0 Å². The molecule has 18 heavy (non-hydrogen) atoms. The van der Waals surface area contributed by atoms with Crippen LogP contribution in [0, 0.1) is 0 Å². The molecule has 0 radical (unpaired) electrons. The summed E-state index contributed by atoms with van der Waals surface area (Å²) >= 11 is 5.66.